The molecule has 4 aromatic rings. The Morgan fingerprint density at radius 3 is 2.69 bits per heavy atom. The number of guanidine groups is 1. The topological polar surface area (TPSA) is 87.4 Å². The van der Waals surface area contributed by atoms with Crippen molar-refractivity contribution in [2.24, 2.45) is 28.2 Å². The molecule has 1 saturated heterocycles. The molecule has 3 heterocycles. The molecule has 5 atom stereocenters. The quantitative estimate of drug-likeness (QED) is 0.161. The van der Waals surface area contributed by atoms with Gasteiger partial charge in [-0.3, -0.25) is 14.3 Å². The molecule has 1 aliphatic heterocycles. The van der Waals surface area contributed by atoms with Gasteiger partial charge in [-0.25, -0.2) is 18.8 Å². The van der Waals surface area contributed by atoms with Gasteiger partial charge in [0, 0.05) is 54.3 Å². The Balaban J connectivity index is 1.23. The first-order valence-electron chi connectivity index (χ1n) is 16.9. The SMILES string of the molecule is C[C@@H]1C(/N=C(/Nc2ccc3c(=O)n(CCc4ccc(Br)cc4)c(-c4cccnc4)nc3c2)N2CCN[C@@H](C(F)F)C2)C[C@H]2C[C@@H]1C2(C)C. The molecule has 0 spiro atoms. The number of piperazine rings is 1. The minimum Gasteiger partial charge on any atom is -0.340 e. The van der Waals surface area contributed by atoms with Crippen molar-refractivity contribution in [3.63, 3.8) is 0 Å². The summed E-state index contributed by atoms with van der Waals surface area (Å²) < 4.78 is 30.4. The minimum atomic E-state index is -2.47. The van der Waals surface area contributed by atoms with E-state index in [1.807, 2.05) is 53.4 Å². The molecule has 0 radical (unpaired) electrons. The first kappa shape index (κ1) is 32.8. The molecule has 0 amide bonds. The monoisotopic (exact) mass is 717 g/mol. The Labute approximate surface area is 288 Å². The highest BCUT2D eigenvalue weighted by molar-refractivity contribution is 9.10. The molecule has 2 N–H and O–H groups in total. The van der Waals surface area contributed by atoms with Gasteiger partial charge in [0.25, 0.3) is 12.0 Å². The van der Waals surface area contributed by atoms with Gasteiger partial charge in [0.15, 0.2) is 5.96 Å². The number of aliphatic imine (C=N–C) groups is 1. The second kappa shape index (κ2) is 13.3. The van der Waals surface area contributed by atoms with Crippen molar-refractivity contribution in [1.29, 1.82) is 0 Å². The third-order valence-electron chi connectivity index (χ3n) is 11.1. The highest BCUT2D eigenvalue weighted by Gasteiger charge is 2.56. The van der Waals surface area contributed by atoms with Crippen LogP contribution in [-0.2, 0) is 13.0 Å². The van der Waals surface area contributed by atoms with Gasteiger partial charge in [0.2, 0.25) is 0 Å². The largest absolute Gasteiger partial charge is 0.340 e. The Kier molecular flexibility index (Phi) is 9.10. The van der Waals surface area contributed by atoms with Crippen molar-refractivity contribution < 1.29 is 8.78 Å². The highest BCUT2D eigenvalue weighted by atomic mass is 79.9. The number of hydrogen-bond acceptors (Lipinski definition) is 5. The van der Waals surface area contributed by atoms with E-state index < -0.39 is 12.5 Å². The molecule has 4 aliphatic rings. The molecule has 11 heteroatoms. The number of nitrogens with zero attached hydrogens (tertiary/aromatic N) is 5. The van der Waals surface area contributed by atoms with E-state index in [9.17, 15) is 13.6 Å². The maximum absolute atomic E-state index is 14.0. The molecule has 48 heavy (non-hydrogen) atoms. The van der Waals surface area contributed by atoms with E-state index in [-0.39, 0.29) is 18.1 Å². The van der Waals surface area contributed by atoms with Crippen LogP contribution in [0.1, 0.15) is 39.2 Å². The molecule has 2 aromatic carbocycles. The predicted octanol–water partition coefficient (Wildman–Crippen LogP) is 6.84. The van der Waals surface area contributed by atoms with Crippen LogP contribution in [0, 0.1) is 23.2 Å². The van der Waals surface area contributed by atoms with E-state index in [0.29, 0.717) is 77.6 Å². The third-order valence-corrected chi connectivity index (χ3v) is 11.6. The number of pyridine rings is 1. The molecule has 3 aliphatic carbocycles. The van der Waals surface area contributed by atoms with Crippen LogP contribution in [0.15, 0.2) is 81.3 Å². The second-order valence-corrected chi connectivity index (χ2v) is 15.1. The molecule has 8 nitrogen and oxygen atoms in total. The fraction of sp³-hybridized carbons (Fsp3) is 0.459. The van der Waals surface area contributed by atoms with E-state index in [0.717, 1.165) is 22.0 Å². The number of aryl methyl sites for hydroxylation is 1. The van der Waals surface area contributed by atoms with Crippen molar-refractivity contribution in [3.8, 4) is 11.4 Å². The number of aromatic nitrogens is 3. The normalized spacial score (nSPS) is 25.3. The minimum absolute atomic E-state index is 0.109. The first-order chi connectivity index (χ1) is 23.1. The summed E-state index contributed by atoms with van der Waals surface area (Å²) in [6.45, 7) is 8.63. The van der Waals surface area contributed by atoms with Crippen molar-refractivity contribution in [1.82, 2.24) is 24.8 Å². The Hall–Kier alpha value is -3.70. The maximum atomic E-state index is 14.0. The lowest BCUT2D eigenvalue weighted by molar-refractivity contribution is -0.108. The van der Waals surface area contributed by atoms with Gasteiger partial charge in [-0.2, -0.15) is 0 Å². The van der Waals surface area contributed by atoms with Gasteiger partial charge in [-0.05, 0) is 90.5 Å². The van der Waals surface area contributed by atoms with Crippen molar-refractivity contribution in [3.05, 3.63) is 87.4 Å². The van der Waals surface area contributed by atoms with Crippen molar-refractivity contribution in [2.75, 3.05) is 25.0 Å². The van der Waals surface area contributed by atoms with Crippen LogP contribution in [0.4, 0.5) is 14.5 Å². The van der Waals surface area contributed by atoms with E-state index in [4.69, 9.17) is 9.98 Å². The number of halogens is 3. The molecule has 8 rings (SSSR count). The zero-order valence-electron chi connectivity index (χ0n) is 27.5. The number of fused-ring (bicyclic) bond motifs is 3. The Morgan fingerprint density at radius 1 is 1.17 bits per heavy atom. The van der Waals surface area contributed by atoms with Gasteiger partial charge >= 0.3 is 0 Å². The smallest absolute Gasteiger partial charge is 0.261 e. The van der Waals surface area contributed by atoms with E-state index >= 15 is 0 Å². The molecule has 2 bridgehead atoms. The predicted molar refractivity (Wildman–Crippen MR) is 190 cm³/mol. The summed E-state index contributed by atoms with van der Waals surface area (Å²) in [4.78, 5) is 30.6. The highest BCUT2D eigenvalue weighted by Crippen LogP contribution is 2.61. The molecular formula is C37H42BrF2N7O. The molecule has 3 saturated carbocycles. The number of benzene rings is 2. The lowest BCUT2D eigenvalue weighted by Crippen LogP contribution is -2.58. The molecular weight excluding hydrogens is 676 g/mol. The van der Waals surface area contributed by atoms with Gasteiger partial charge in [-0.15, -0.1) is 0 Å². The first-order valence-corrected chi connectivity index (χ1v) is 17.7. The van der Waals surface area contributed by atoms with Crippen LogP contribution in [0.5, 0.6) is 0 Å². The van der Waals surface area contributed by atoms with E-state index in [1.165, 1.54) is 6.42 Å². The lowest BCUT2D eigenvalue weighted by Gasteiger charge is -2.61. The summed E-state index contributed by atoms with van der Waals surface area (Å²) >= 11 is 3.49. The van der Waals surface area contributed by atoms with Crippen LogP contribution in [0.25, 0.3) is 22.3 Å². The third kappa shape index (κ3) is 6.39. The van der Waals surface area contributed by atoms with Gasteiger partial charge in [0.05, 0.1) is 23.0 Å². The fourth-order valence-electron chi connectivity index (χ4n) is 8.03. The summed E-state index contributed by atoms with van der Waals surface area (Å²) in [7, 11) is 0. The van der Waals surface area contributed by atoms with Crippen LogP contribution in [0.2, 0.25) is 0 Å². The summed E-state index contributed by atoms with van der Waals surface area (Å²) in [6, 6.07) is 16.5. The van der Waals surface area contributed by atoms with Gasteiger partial charge in [0.1, 0.15) is 5.82 Å². The number of rotatable bonds is 7. The Bertz CT molecular complexity index is 1860. The fourth-order valence-corrected chi connectivity index (χ4v) is 8.29. The van der Waals surface area contributed by atoms with Gasteiger partial charge in [-0.1, -0.05) is 48.8 Å². The summed E-state index contributed by atoms with van der Waals surface area (Å²) in [5.41, 5.74) is 3.30. The van der Waals surface area contributed by atoms with Crippen LogP contribution in [0.3, 0.4) is 0 Å². The molecule has 4 fully saturated rings. The summed E-state index contributed by atoms with van der Waals surface area (Å²) in [5.74, 6) is 2.76. The zero-order valence-corrected chi connectivity index (χ0v) is 29.1. The van der Waals surface area contributed by atoms with Crippen LogP contribution < -0.4 is 16.2 Å². The van der Waals surface area contributed by atoms with E-state index in [2.05, 4.69) is 52.3 Å². The zero-order chi connectivity index (χ0) is 33.6. The lowest BCUT2D eigenvalue weighted by atomic mass is 9.45. The van der Waals surface area contributed by atoms with Crippen LogP contribution in [-0.4, -0.2) is 63.5 Å². The number of nitrogens with one attached hydrogen (secondary N) is 2. The van der Waals surface area contributed by atoms with Crippen LogP contribution >= 0.6 is 15.9 Å². The van der Waals surface area contributed by atoms with Crippen molar-refractivity contribution in [2.45, 2.75) is 65.1 Å². The summed E-state index contributed by atoms with van der Waals surface area (Å²) in [5, 5.41) is 6.96. The molecule has 1 unspecified atom stereocenters. The Morgan fingerprint density at radius 2 is 1.98 bits per heavy atom. The van der Waals surface area contributed by atoms with Crippen molar-refractivity contribution >= 4 is 38.5 Å². The summed E-state index contributed by atoms with van der Waals surface area (Å²) in [6.07, 6.45) is 3.84. The maximum Gasteiger partial charge on any atom is 0.261 e. The van der Waals surface area contributed by atoms with E-state index in [1.54, 1.807) is 23.0 Å². The number of anilines is 1. The average Bonchev–Trinajstić information content (AvgIpc) is 3.09. The average molecular weight is 719 g/mol. The standard InChI is InChI=1S/C37H42BrF2N7O/c1-22-29-17-25(37(29,2)3)18-30(22)45-36(46-16-14-42-32(21-46)33(39)40)43-27-10-11-28-31(19-27)44-34(24-5-4-13-41-20-24)47(35(28)48)15-12-23-6-8-26(38)9-7-23/h4-11,13,19-20,22,25,29-30,32-33,42H,12,14-18,21H2,1-3H3,(H,43,45)/t22-,25+,29-,30?,32+/m0/s1. The number of hydrogen-bond donors (Lipinski definition) is 2. The number of alkyl halides is 2. The van der Waals surface area contributed by atoms with Gasteiger partial charge < -0.3 is 15.5 Å². The second-order valence-electron chi connectivity index (χ2n) is 14.2. The molecule has 2 aromatic heterocycles. The molecule has 252 valence electrons.